The van der Waals surface area contributed by atoms with Gasteiger partial charge in [0, 0.05) is 30.9 Å². The third-order valence-corrected chi connectivity index (χ3v) is 3.88. The van der Waals surface area contributed by atoms with Gasteiger partial charge in [0.05, 0.1) is 26.0 Å². The number of morpholine rings is 1. The van der Waals surface area contributed by atoms with Gasteiger partial charge in [-0.05, 0) is 24.3 Å². The van der Waals surface area contributed by atoms with Gasteiger partial charge in [0.1, 0.15) is 11.4 Å². The second-order valence-corrected chi connectivity index (χ2v) is 5.42. The van der Waals surface area contributed by atoms with Crippen LogP contribution in [0.2, 0.25) is 0 Å². The smallest absolute Gasteiger partial charge is 0.145 e. The maximum absolute atomic E-state index is 10.9. The van der Waals surface area contributed by atoms with E-state index in [0.717, 1.165) is 49.8 Å². The number of hydrogen-bond acceptors (Lipinski definition) is 6. The predicted molar refractivity (Wildman–Crippen MR) is 89.3 cm³/mol. The first kappa shape index (κ1) is 15.7. The maximum Gasteiger partial charge on any atom is 0.145 e. The molecule has 1 N–H and O–H groups in total. The van der Waals surface area contributed by atoms with E-state index in [1.807, 2.05) is 29.7 Å². The largest absolute Gasteiger partial charge is 0.761 e. The number of benzene rings is 1. The Hall–Kier alpha value is -2.15. The molecule has 1 aliphatic rings. The second-order valence-electron chi connectivity index (χ2n) is 5.42. The maximum atomic E-state index is 10.9. The zero-order valence-corrected chi connectivity index (χ0v) is 13.1. The molecule has 2 aromatic rings. The topological polar surface area (TPSA) is 69.7 Å². The molecular formula is C17H20N3O3-. The fraction of sp³-hybridized carbons (Fsp3) is 0.353. The Labute approximate surface area is 135 Å². The van der Waals surface area contributed by atoms with Crippen LogP contribution in [0.5, 0.6) is 5.75 Å². The van der Waals surface area contributed by atoms with E-state index in [-0.39, 0.29) is 0 Å². The van der Waals surface area contributed by atoms with Gasteiger partial charge < -0.3 is 20.2 Å². The van der Waals surface area contributed by atoms with Gasteiger partial charge in [-0.2, -0.15) is 0 Å². The monoisotopic (exact) mass is 314 g/mol. The first-order chi connectivity index (χ1) is 11.3. The lowest BCUT2D eigenvalue weighted by molar-refractivity contribution is 0.0336. The van der Waals surface area contributed by atoms with Crippen LogP contribution in [0.25, 0.3) is 11.3 Å². The van der Waals surface area contributed by atoms with Crippen LogP contribution >= 0.6 is 0 Å². The van der Waals surface area contributed by atoms with Gasteiger partial charge in [0.2, 0.25) is 0 Å². The molecule has 0 unspecified atom stereocenters. The molecule has 1 fully saturated rings. The fourth-order valence-electron chi connectivity index (χ4n) is 2.66. The summed E-state index contributed by atoms with van der Waals surface area (Å²) < 4.78 is 10.8. The molecule has 2 heterocycles. The molecule has 0 spiro atoms. The highest BCUT2D eigenvalue weighted by atomic mass is 16.5. The summed E-state index contributed by atoms with van der Waals surface area (Å²) in [7, 11) is 1.62. The van der Waals surface area contributed by atoms with Gasteiger partial charge in [0.25, 0.3) is 0 Å². The number of nitrogens with zero attached hydrogens (tertiary/aromatic N) is 2. The number of anilines is 1. The standard InChI is InChI=1S/C17H20N3O3/c1-22-16-6-5-15(12-20-7-9-23-10-8-20)18-17(16)13-3-2-4-14(11-13)19-21/h2-6,11,19H,7-10,12H2,1H3/q-1. The molecule has 0 aliphatic carbocycles. The van der Waals surface area contributed by atoms with Crippen LogP contribution in [-0.4, -0.2) is 43.3 Å². The minimum Gasteiger partial charge on any atom is -0.761 e. The van der Waals surface area contributed by atoms with E-state index in [2.05, 4.69) is 4.90 Å². The van der Waals surface area contributed by atoms with Crippen molar-refractivity contribution >= 4 is 5.69 Å². The van der Waals surface area contributed by atoms with Crippen LogP contribution < -0.4 is 10.2 Å². The van der Waals surface area contributed by atoms with E-state index in [0.29, 0.717) is 11.4 Å². The molecule has 0 radical (unpaired) electrons. The third kappa shape index (κ3) is 3.79. The van der Waals surface area contributed by atoms with Gasteiger partial charge in [0.15, 0.2) is 0 Å². The molecule has 23 heavy (non-hydrogen) atoms. The van der Waals surface area contributed by atoms with Crippen molar-refractivity contribution in [2.24, 2.45) is 0 Å². The highest BCUT2D eigenvalue weighted by Crippen LogP contribution is 2.30. The van der Waals surface area contributed by atoms with Crippen molar-refractivity contribution in [3.8, 4) is 17.0 Å². The van der Waals surface area contributed by atoms with E-state index in [4.69, 9.17) is 14.5 Å². The van der Waals surface area contributed by atoms with Crippen molar-refractivity contribution in [3.63, 3.8) is 0 Å². The number of nitrogens with one attached hydrogen (secondary N) is 1. The molecule has 1 saturated heterocycles. The number of methoxy groups -OCH3 is 1. The van der Waals surface area contributed by atoms with Crippen molar-refractivity contribution < 1.29 is 9.47 Å². The normalized spacial score (nSPS) is 15.4. The van der Waals surface area contributed by atoms with E-state index in [1.54, 1.807) is 19.2 Å². The zero-order chi connectivity index (χ0) is 16.1. The van der Waals surface area contributed by atoms with Gasteiger partial charge in [-0.25, -0.2) is 4.98 Å². The molecule has 1 aromatic carbocycles. The molecule has 0 bridgehead atoms. The Morgan fingerprint density at radius 1 is 1.26 bits per heavy atom. The van der Waals surface area contributed by atoms with Crippen LogP contribution in [-0.2, 0) is 11.3 Å². The Bertz CT molecular complexity index is 657. The molecule has 6 nitrogen and oxygen atoms in total. The molecule has 3 rings (SSSR count). The molecule has 0 atom stereocenters. The Morgan fingerprint density at radius 3 is 2.83 bits per heavy atom. The van der Waals surface area contributed by atoms with E-state index in [1.165, 1.54) is 0 Å². The Kier molecular flexibility index (Phi) is 5.07. The fourth-order valence-corrected chi connectivity index (χ4v) is 2.66. The summed E-state index contributed by atoms with van der Waals surface area (Å²) in [6.45, 7) is 4.14. The molecule has 122 valence electrons. The van der Waals surface area contributed by atoms with E-state index >= 15 is 0 Å². The summed E-state index contributed by atoms with van der Waals surface area (Å²) in [6, 6.07) is 11.1. The summed E-state index contributed by atoms with van der Waals surface area (Å²) in [4.78, 5) is 7.06. The molecule has 0 saturated carbocycles. The lowest BCUT2D eigenvalue weighted by Gasteiger charge is -2.26. The number of ether oxygens (including phenoxy) is 2. The first-order valence-electron chi connectivity index (χ1n) is 7.63. The van der Waals surface area contributed by atoms with Crippen molar-refractivity contribution in [1.29, 1.82) is 0 Å². The Balaban J connectivity index is 1.89. The average Bonchev–Trinajstić information content (AvgIpc) is 2.62. The molecular weight excluding hydrogens is 294 g/mol. The van der Waals surface area contributed by atoms with Crippen molar-refractivity contribution in [2.45, 2.75) is 6.54 Å². The van der Waals surface area contributed by atoms with E-state index in [9.17, 15) is 5.21 Å². The highest BCUT2D eigenvalue weighted by molar-refractivity contribution is 5.70. The van der Waals surface area contributed by atoms with Crippen LogP contribution in [0.1, 0.15) is 5.69 Å². The summed E-state index contributed by atoms with van der Waals surface area (Å²) in [5.74, 6) is 0.693. The van der Waals surface area contributed by atoms with E-state index < -0.39 is 0 Å². The number of aromatic nitrogens is 1. The third-order valence-electron chi connectivity index (χ3n) is 3.88. The first-order valence-corrected chi connectivity index (χ1v) is 7.63. The quantitative estimate of drug-likeness (QED) is 0.855. The summed E-state index contributed by atoms with van der Waals surface area (Å²) in [6.07, 6.45) is 0. The van der Waals surface area contributed by atoms with Gasteiger partial charge >= 0.3 is 0 Å². The van der Waals surface area contributed by atoms with Crippen LogP contribution in [0, 0.1) is 5.21 Å². The summed E-state index contributed by atoms with van der Waals surface area (Å²) in [5.41, 5.74) is 4.99. The molecule has 6 heteroatoms. The lowest BCUT2D eigenvalue weighted by Crippen LogP contribution is -2.35. The van der Waals surface area contributed by atoms with Crippen LogP contribution in [0.4, 0.5) is 5.69 Å². The van der Waals surface area contributed by atoms with Crippen molar-refractivity contribution in [3.05, 3.63) is 47.3 Å². The summed E-state index contributed by atoms with van der Waals surface area (Å²) >= 11 is 0. The molecule has 1 aliphatic heterocycles. The lowest BCUT2D eigenvalue weighted by atomic mass is 10.1. The second kappa shape index (κ2) is 7.41. The number of pyridine rings is 1. The predicted octanol–water partition coefficient (Wildman–Crippen LogP) is 2.50. The highest BCUT2D eigenvalue weighted by Gasteiger charge is 2.14. The van der Waals surface area contributed by atoms with Gasteiger partial charge in [-0.3, -0.25) is 4.90 Å². The SMILES string of the molecule is COc1ccc(CN2CCOCC2)nc1-c1cccc(N[O-])c1. The Morgan fingerprint density at radius 2 is 2.09 bits per heavy atom. The van der Waals surface area contributed by atoms with Gasteiger partial charge in [-0.1, -0.05) is 12.1 Å². The van der Waals surface area contributed by atoms with Gasteiger partial charge in [-0.15, -0.1) is 0 Å². The van der Waals surface area contributed by atoms with Crippen LogP contribution in [0.15, 0.2) is 36.4 Å². The molecule has 0 amide bonds. The molecule has 1 aromatic heterocycles. The number of rotatable bonds is 5. The van der Waals surface area contributed by atoms with Crippen molar-refractivity contribution in [1.82, 2.24) is 9.88 Å². The average molecular weight is 314 g/mol. The minimum absolute atomic E-state index is 0.505. The van der Waals surface area contributed by atoms with Crippen molar-refractivity contribution in [2.75, 3.05) is 38.9 Å². The van der Waals surface area contributed by atoms with Crippen LogP contribution in [0.3, 0.4) is 0 Å². The minimum atomic E-state index is 0.505. The zero-order valence-electron chi connectivity index (χ0n) is 13.1. The summed E-state index contributed by atoms with van der Waals surface area (Å²) in [5, 5.41) is 10.9. The number of hydrogen-bond donors (Lipinski definition) is 1.